The first-order valence-corrected chi connectivity index (χ1v) is 6.69. The van der Waals surface area contributed by atoms with E-state index in [1.807, 2.05) is 12.4 Å². The van der Waals surface area contributed by atoms with Crippen LogP contribution < -0.4 is 5.73 Å². The van der Waals surface area contributed by atoms with Gasteiger partial charge in [-0.15, -0.1) is 0 Å². The SMILES string of the molecule is CCC1CCN(C(CN)c2ccncc2)CC1. The summed E-state index contributed by atoms with van der Waals surface area (Å²) in [6.07, 6.45) is 7.67. The summed E-state index contributed by atoms with van der Waals surface area (Å²) >= 11 is 0. The number of piperidine rings is 1. The summed E-state index contributed by atoms with van der Waals surface area (Å²) in [5.41, 5.74) is 7.24. The van der Waals surface area contributed by atoms with E-state index in [0.29, 0.717) is 12.6 Å². The van der Waals surface area contributed by atoms with Crippen molar-refractivity contribution in [1.82, 2.24) is 9.88 Å². The van der Waals surface area contributed by atoms with Crippen molar-refractivity contribution in [3.8, 4) is 0 Å². The maximum atomic E-state index is 5.94. The molecule has 0 saturated carbocycles. The van der Waals surface area contributed by atoms with Crippen molar-refractivity contribution in [2.45, 2.75) is 32.2 Å². The zero-order valence-corrected chi connectivity index (χ0v) is 10.7. The van der Waals surface area contributed by atoms with Crippen LogP contribution >= 0.6 is 0 Å². The van der Waals surface area contributed by atoms with E-state index >= 15 is 0 Å². The van der Waals surface area contributed by atoms with E-state index in [1.54, 1.807) is 0 Å². The molecular weight excluding hydrogens is 210 g/mol. The van der Waals surface area contributed by atoms with E-state index in [9.17, 15) is 0 Å². The number of hydrogen-bond donors (Lipinski definition) is 1. The zero-order chi connectivity index (χ0) is 12.1. The Morgan fingerprint density at radius 2 is 2.00 bits per heavy atom. The lowest BCUT2D eigenvalue weighted by Gasteiger charge is -2.37. The molecule has 0 spiro atoms. The summed E-state index contributed by atoms with van der Waals surface area (Å²) < 4.78 is 0. The maximum absolute atomic E-state index is 5.94. The lowest BCUT2D eigenvalue weighted by Crippen LogP contribution is -2.39. The van der Waals surface area contributed by atoms with Gasteiger partial charge < -0.3 is 5.73 Å². The summed E-state index contributed by atoms with van der Waals surface area (Å²) in [7, 11) is 0. The summed E-state index contributed by atoms with van der Waals surface area (Å²) in [5, 5.41) is 0. The molecule has 0 radical (unpaired) electrons. The van der Waals surface area contributed by atoms with Gasteiger partial charge in [-0.05, 0) is 49.5 Å². The van der Waals surface area contributed by atoms with E-state index in [4.69, 9.17) is 5.73 Å². The molecule has 1 aliphatic heterocycles. The Balaban J connectivity index is 2.00. The Bertz CT molecular complexity index is 317. The fourth-order valence-corrected chi connectivity index (χ4v) is 2.75. The molecule has 2 N–H and O–H groups in total. The van der Waals surface area contributed by atoms with Crippen LogP contribution in [0.15, 0.2) is 24.5 Å². The smallest absolute Gasteiger partial charge is 0.0471 e. The van der Waals surface area contributed by atoms with Crippen LogP contribution in [0.2, 0.25) is 0 Å². The Morgan fingerprint density at radius 3 is 2.53 bits per heavy atom. The highest BCUT2D eigenvalue weighted by Gasteiger charge is 2.24. The lowest BCUT2D eigenvalue weighted by atomic mass is 9.92. The minimum absolute atomic E-state index is 0.371. The van der Waals surface area contributed by atoms with Crippen LogP contribution in [0, 0.1) is 5.92 Å². The number of aromatic nitrogens is 1. The van der Waals surface area contributed by atoms with E-state index in [1.165, 1.54) is 37.9 Å². The Kier molecular flexibility index (Phi) is 4.51. The number of likely N-dealkylation sites (tertiary alicyclic amines) is 1. The molecular formula is C14H23N3. The monoisotopic (exact) mass is 233 g/mol. The second-order valence-electron chi connectivity index (χ2n) is 4.92. The first-order valence-electron chi connectivity index (χ1n) is 6.69. The molecule has 3 heteroatoms. The fraction of sp³-hybridized carbons (Fsp3) is 0.643. The van der Waals surface area contributed by atoms with Crippen molar-refractivity contribution in [1.29, 1.82) is 0 Å². The van der Waals surface area contributed by atoms with Gasteiger partial charge in [0, 0.05) is 25.0 Å². The van der Waals surface area contributed by atoms with Gasteiger partial charge in [0.2, 0.25) is 0 Å². The van der Waals surface area contributed by atoms with Crippen LogP contribution in [-0.4, -0.2) is 29.5 Å². The summed E-state index contributed by atoms with van der Waals surface area (Å²) in [6.45, 7) is 5.36. The second-order valence-corrected chi connectivity index (χ2v) is 4.92. The molecule has 17 heavy (non-hydrogen) atoms. The number of hydrogen-bond acceptors (Lipinski definition) is 3. The van der Waals surface area contributed by atoms with Gasteiger partial charge in [-0.3, -0.25) is 9.88 Å². The fourth-order valence-electron chi connectivity index (χ4n) is 2.75. The molecule has 0 aromatic carbocycles. The average Bonchev–Trinajstić information content (AvgIpc) is 2.42. The van der Waals surface area contributed by atoms with Crippen LogP contribution in [0.4, 0.5) is 0 Å². The lowest BCUT2D eigenvalue weighted by molar-refractivity contribution is 0.134. The van der Waals surface area contributed by atoms with E-state index in [2.05, 4.69) is 28.9 Å². The van der Waals surface area contributed by atoms with Crippen molar-refractivity contribution in [3.63, 3.8) is 0 Å². The zero-order valence-electron chi connectivity index (χ0n) is 10.7. The molecule has 2 rings (SSSR count). The van der Waals surface area contributed by atoms with Crippen molar-refractivity contribution < 1.29 is 0 Å². The number of rotatable bonds is 4. The first-order chi connectivity index (χ1) is 8.35. The van der Waals surface area contributed by atoms with Crippen LogP contribution in [0.25, 0.3) is 0 Å². The van der Waals surface area contributed by atoms with Gasteiger partial charge >= 0.3 is 0 Å². The Morgan fingerprint density at radius 1 is 1.35 bits per heavy atom. The third-order valence-corrected chi connectivity index (χ3v) is 3.98. The van der Waals surface area contributed by atoms with Gasteiger partial charge in [0.05, 0.1) is 0 Å². The molecule has 0 amide bonds. The van der Waals surface area contributed by atoms with E-state index in [-0.39, 0.29) is 0 Å². The summed E-state index contributed by atoms with van der Waals surface area (Å²) in [6, 6.07) is 4.54. The van der Waals surface area contributed by atoms with Crippen LogP contribution in [0.1, 0.15) is 37.8 Å². The van der Waals surface area contributed by atoms with Crippen LogP contribution in [0.3, 0.4) is 0 Å². The molecule has 0 bridgehead atoms. The van der Waals surface area contributed by atoms with Gasteiger partial charge in [-0.2, -0.15) is 0 Å². The molecule has 1 saturated heterocycles. The molecule has 1 aromatic rings. The largest absolute Gasteiger partial charge is 0.329 e. The Labute approximate surface area is 104 Å². The topological polar surface area (TPSA) is 42.1 Å². The minimum Gasteiger partial charge on any atom is -0.329 e. The highest BCUT2D eigenvalue weighted by molar-refractivity contribution is 5.15. The number of pyridine rings is 1. The predicted octanol–water partition coefficient (Wildman–Crippen LogP) is 2.20. The molecule has 94 valence electrons. The molecule has 1 unspecified atom stereocenters. The molecule has 1 atom stereocenters. The van der Waals surface area contributed by atoms with Crippen molar-refractivity contribution in [3.05, 3.63) is 30.1 Å². The first kappa shape index (κ1) is 12.5. The number of nitrogens with two attached hydrogens (primary N) is 1. The van der Waals surface area contributed by atoms with Crippen molar-refractivity contribution in [2.75, 3.05) is 19.6 Å². The van der Waals surface area contributed by atoms with Gasteiger partial charge in [0.1, 0.15) is 0 Å². The molecule has 0 aliphatic carbocycles. The van der Waals surface area contributed by atoms with E-state index in [0.717, 1.165) is 5.92 Å². The minimum atomic E-state index is 0.371. The number of nitrogens with zero attached hydrogens (tertiary/aromatic N) is 2. The third-order valence-electron chi connectivity index (χ3n) is 3.98. The maximum Gasteiger partial charge on any atom is 0.0471 e. The normalized spacial score (nSPS) is 20.4. The van der Waals surface area contributed by atoms with Gasteiger partial charge in [-0.25, -0.2) is 0 Å². The molecule has 2 heterocycles. The average molecular weight is 233 g/mol. The third kappa shape index (κ3) is 3.05. The van der Waals surface area contributed by atoms with Gasteiger partial charge in [0.15, 0.2) is 0 Å². The molecule has 1 fully saturated rings. The molecule has 1 aromatic heterocycles. The molecule has 3 nitrogen and oxygen atoms in total. The van der Waals surface area contributed by atoms with Crippen molar-refractivity contribution >= 4 is 0 Å². The van der Waals surface area contributed by atoms with E-state index < -0.39 is 0 Å². The second kappa shape index (κ2) is 6.12. The highest BCUT2D eigenvalue weighted by Crippen LogP contribution is 2.27. The summed E-state index contributed by atoms with van der Waals surface area (Å²) in [4.78, 5) is 6.60. The van der Waals surface area contributed by atoms with Crippen LogP contribution in [-0.2, 0) is 0 Å². The highest BCUT2D eigenvalue weighted by atomic mass is 15.2. The quantitative estimate of drug-likeness (QED) is 0.867. The molecule has 1 aliphatic rings. The van der Waals surface area contributed by atoms with Crippen LogP contribution in [0.5, 0.6) is 0 Å². The van der Waals surface area contributed by atoms with Gasteiger partial charge in [0.25, 0.3) is 0 Å². The Hall–Kier alpha value is -0.930. The summed E-state index contributed by atoms with van der Waals surface area (Å²) in [5.74, 6) is 0.919. The standard InChI is InChI=1S/C14H23N3/c1-2-12-5-9-17(10-6-12)14(11-15)13-3-7-16-8-4-13/h3-4,7-8,12,14H,2,5-6,9-11,15H2,1H3. The van der Waals surface area contributed by atoms with Gasteiger partial charge in [-0.1, -0.05) is 13.3 Å². The van der Waals surface area contributed by atoms with Crippen molar-refractivity contribution in [2.24, 2.45) is 11.7 Å². The predicted molar refractivity (Wildman–Crippen MR) is 70.6 cm³/mol.